The molecule has 16 heavy (non-hydrogen) atoms. The third-order valence-electron chi connectivity index (χ3n) is 2.65. The summed E-state index contributed by atoms with van der Waals surface area (Å²) in [5.74, 6) is 0. The number of unbranched alkanes of at least 4 members (excludes halogenated alkanes) is 2. The largest absolute Gasteiger partial charge is 0.396 e. The van der Waals surface area contributed by atoms with Crippen LogP contribution in [0.15, 0.2) is 12.2 Å². The summed E-state index contributed by atoms with van der Waals surface area (Å²) < 4.78 is 11.1. The molecule has 1 rings (SSSR count). The van der Waals surface area contributed by atoms with Crippen LogP contribution in [0.2, 0.25) is 0 Å². The SMILES string of the molecule is OCCC/C=C\CCCOC1CCCCO1. The molecule has 0 radical (unpaired) electrons. The molecule has 1 saturated heterocycles. The van der Waals surface area contributed by atoms with Gasteiger partial charge in [0.05, 0.1) is 6.61 Å². The molecule has 0 bridgehead atoms. The normalized spacial score (nSPS) is 21.7. The van der Waals surface area contributed by atoms with Crippen LogP contribution in [0, 0.1) is 0 Å². The molecule has 0 aromatic carbocycles. The smallest absolute Gasteiger partial charge is 0.157 e. The van der Waals surface area contributed by atoms with Gasteiger partial charge in [-0.05, 0) is 44.9 Å². The molecule has 0 aromatic heterocycles. The van der Waals surface area contributed by atoms with E-state index in [4.69, 9.17) is 14.6 Å². The number of aliphatic hydroxyl groups is 1. The molecule has 3 nitrogen and oxygen atoms in total. The van der Waals surface area contributed by atoms with Crippen molar-refractivity contribution >= 4 is 0 Å². The van der Waals surface area contributed by atoms with E-state index in [1.54, 1.807) is 0 Å². The number of allylic oxidation sites excluding steroid dienone is 2. The molecule has 3 heteroatoms. The lowest BCUT2D eigenvalue weighted by Crippen LogP contribution is -2.22. The average molecular weight is 228 g/mol. The fourth-order valence-electron chi connectivity index (χ4n) is 1.70. The van der Waals surface area contributed by atoms with Gasteiger partial charge < -0.3 is 14.6 Å². The van der Waals surface area contributed by atoms with Crippen LogP contribution in [0.25, 0.3) is 0 Å². The standard InChI is InChI=1S/C13H24O3/c14-10-6-3-1-2-4-7-11-15-13-9-5-8-12-16-13/h1-2,13-14H,3-12H2/b2-1-. The van der Waals surface area contributed by atoms with E-state index >= 15 is 0 Å². The summed E-state index contributed by atoms with van der Waals surface area (Å²) in [6.07, 6.45) is 11.7. The Labute approximate surface area is 98.4 Å². The van der Waals surface area contributed by atoms with Gasteiger partial charge in [0.2, 0.25) is 0 Å². The van der Waals surface area contributed by atoms with Crippen LogP contribution in [-0.4, -0.2) is 31.2 Å². The summed E-state index contributed by atoms with van der Waals surface area (Å²) in [7, 11) is 0. The second-order valence-electron chi connectivity index (χ2n) is 4.15. The number of hydrogen-bond acceptors (Lipinski definition) is 3. The van der Waals surface area contributed by atoms with Crippen molar-refractivity contribution < 1.29 is 14.6 Å². The van der Waals surface area contributed by atoms with Crippen LogP contribution in [0.1, 0.15) is 44.9 Å². The van der Waals surface area contributed by atoms with Crippen molar-refractivity contribution in [2.75, 3.05) is 19.8 Å². The lowest BCUT2D eigenvalue weighted by molar-refractivity contribution is -0.162. The summed E-state index contributed by atoms with van der Waals surface area (Å²) in [5, 5.41) is 8.58. The highest BCUT2D eigenvalue weighted by atomic mass is 16.7. The zero-order chi connectivity index (χ0) is 11.5. The van der Waals surface area contributed by atoms with E-state index in [0.29, 0.717) is 0 Å². The lowest BCUT2D eigenvalue weighted by atomic mass is 10.2. The van der Waals surface area contributed by atoms with Crippen molar-refractivity contribution in [3.05, 3.63) is 12.2 Å². The molecular formula is C13H24O3. The first-order valence-electron chi connectivity index (χ1n) is 6.42. The van der Waals surface area contributed by atoms with Crippen molar-refractivity contribution in [3.63, 3.8) is 0 Å². The fraction of sp³-hybridized carbons (Fsp3) is 0.846. The summed E-state index contributed by atoms with van der Waals surface area (Å²) in [5.41, 5.74) is 0. The molecule has 94 valence electrons. The van der Waals surface area contributed by atoms with Crippen LogP contribution in [0.3, 0.4) is 0 Å². The highest BCUT2D eigenvalue weighted by Crippen LogP contribution is 2.13. The van der Waals surface area contributed by atoms with Crippen molar-refractivity contribution in [1.82, 2.24) is 0 Å². The molecule has 1 atom stereocenters. The number of ether oxygens (including phenoxy) is 2. The van der Waals surface area contributed by atoms with Crippen LogP contribution >= 0.6 is 0 Å². The van der Waals surface area contributed by atoms with E-state index in [9.17, 15) is 0 Å². The first-order valence-corrected chi connectivity index (χ1v) is 6.42. The van der Waals surface area contributed by atoms with Crippen LogP contribution in [0.5, 0.6) is 0 Å². The Morgan fingerprint density at radius 3 is 2.69 bits per heavy atom. The molecule has 0 amide bonds. The minimum absolute atomic E-state index is 0.0483. The first kappa shape index (κ1) is 13.7. The molecule has 1 heterocycles. The maximum atomic E-state index is 8.58. The Morgan fingerprint density at radius 1 is 1.19 bits per heavy atom. The highest BCUT2D eigenvalue weighted by Gasteiger charge is 2.12. The highest BCUT2D eigenvalue weighted by molar-refractivity contribution is 4.81. The number of aliphatic hydroxyl groups excluding tert-OH is 1. The third-order valence-corrected chi connectivity index (χ3v) is 2.65. The van der Waals surface area contributed by atoms with Crippen molar-refractivity contribution in [2.24, 2.45) is 0 Å². The monoisotopic (exact) mass is 228 g/mol. The van der Waals surface area contributed by atoms with E-state index in [1.807, 2.05) is 0 Å². The second kappa shape index (κ2) is 9.82. The Bertz CT molecular complexity index is 174. The van der Waals surface area contributed by atoms with E-state index in [2.05, 4.69) is 12.2 Å². The van der Waals surface area contributed by atoms with E-state index < -0.39 is 0 Å². The predicted molar refractivity (Wildman–Crippen MR) is 64.2 cm³/mol. The van der Waals surface area contributed by atoms with Crippen LogP contribution in [-0.2, 0) is 9.47 Å². The van der Waals surface area contributed by atoms with E-state index in [-0.39, 0.29) is 12.9 Å². The number of rotatable bonds is 8. The Balaban J connectivity index is 1.85. The van der Waals surface area contributed by atoms with Crippen LogP contribution < -0.4 is 0 Å². The molecule has 0 saturated carbocycles. The summed E-state index contributed by atoms with van der Waals surface area (Å²) in [4.78, 5) is 0. The van der Waals surface area contributed by atoms with Crippen molar-refractivity contribution in [1.29, 1.82) is 0 Å². The molecule has 0 spiro atoms. The van der Waals surface area contributed by atoms with Gasteiger partial charge in [-0.3, -0.25) is 0 Å². The average Bonchev–Trinajstić information content (AvgIpc) is 2.34. The van der Waals surface area contributed by atoms with Gasteiger partial charge in [0.1, 0.15) is 0 Å². The van der Waals surface area contributed by atoms with Crippen LogP contribution in [0.4, 0.5) is 0 Å². The Morgan fingerprint density at radius 2 is 2.00 bits per heavy atom. The van der Waals surface area contributed by atoms with Gasteiger partial charge in [0.25, 0.3) is 0 Å². The van der Waals surface area contributed by atoms with E-state index in [1.165, 1.54) is 12.8 Å². The predicted octanol–water partition coefficient (Wildman–Crippen LogP) is 2.64. The Hall–Kier alpha value is -0.380. The molecular weight excluding hydrogens is 204 g/mol. The van der Waals surface area contributed by atoms with Gasteiger partial charge in [0.15, 0.2) is 6.29 Å². The molecule has 0 aliphatic carbocycles. The van der Waals surface area contributed by atoms with Gasteiger partial charge >= 0.3 is 0 Å². The third kappa shape index (κ3) is 6.99. The first-order chi connectivity index (χ1) is 7.93. The topological polar surface area (TPSA) is 38.7 Å². The minimum atomic E-state index is 0.0483. The Kier molecular flexibility index (Phi) is 8.40. The second-order valence-corrected chi connectivity index (χ2v) is 4.15. The van der Waals surface area contributed by atoms with Gasteiger partial charge in [-0.15, -0.1) is 0 Å². The summed E-state index contributed by atoms with van der Waals surface area (Å²) >= 11 is 0. The molecule has 0 aromatic rings. The quantitative estimate of drug-likeness (QED) is 0.512. The fourth-order valence-corrected chi connectivity index (χ4v) is 1.70. The minimum Gasteiger partial charge on any atom is -0.396 e. The van der Waals surface area contributed by atoms with Crippen molar-refractivity contribution in [2.45, 2.75) is 51.2 Å². The zero-order valence-corrected chi connectivity index (χ0v) is 10.1. The van der Waals surface area contributed by atoms with E-state index in [0.717, 1.165) is 45.3 Å². The summed E-state index contributed by atoms with van der Waals surface area (Å²) in [6, 6.07) is 0. The number of hydrogen-bond donors (Lipinski definition) is 1. The van der Waals surface area contributed by atoms with Gasteiger partial charge in [-0.2, -0.15) is 0 Å². The van der Waals surface area contributed by atoms with Crippen molar-refractivity contribution in [3.8, 4) is 0 Å². The van der Waals surface area contributed by atoms with Gasteiger partial charge in [-0.1, -0.05) is 12.2 Å². The zero-order valence-electron chi connectivity index (χ0n) is 10.1. The molecule has 1 aliphatic rings. The maximum Gasteiger partial charge on any atom is 0.157 e. The summed E-state index contributed by atoms with van der Waals surface area (Å²) in [6.45, 7) is 1.92. The maximum absolute atomic E-state index is 8.58. The molecule has 1 unspecified atom stereocenters. The molecule has 1 fully saturated rings. The van der Waals surface area contributed by atoms with Gasteiger partial charge in [-0.25, -0.2) is 0 Å². The lowest BCUT2D eigenvalue weighted by Gasteiger charge is -2.22. The molecule has 1 N–H and O–H groups in total. The van der Waals surface area contributed by atoms with Gasteiger partial charge in [0, 0.05) is 13.2 Å². The molecule has 1 aliphatic heterocycles.